The van der Waals surface area contributed by atoms with Crippen molar-refractivity contribution >= 4 is 0 Å². The second kappa shape index (κ2) is 6.36. The van der Waals surface area contributed by atoms with Crippen molar-refractivity contribution in [1.82, 2.24) is 0 Å². The van der Waals surface area contributed by atoms with Crippen LogP contribution in [-0.2, 0) is 0 Å². The fourth-order valence-electron chi connectivity index (χ4n) is 7.86. The molecule has 8 atom stereocenters. The number of aliphatic hydroxyl groups excluding tert-OH is 1. The molecule has 6 unspecified atom stereocenters. The molecule has 4 aliphatic carbocycles. The molecule has 1 heteroatoms. The van der Waals surface area contributed by atoms with Crippen LogP contribution in [0.25, 0.3) is 0 Å². The molecule has 0 spiro atoms. The lowest BCUT2D eigenvalue weighted by Gasteiger charge is -2.56. The van der Waals surface area contributed by atoms with Crippen molar-refractivity contribution in [2.45, 2.75) is 97.0 Å². The van der Waals surface area contributed by atoms with E-state index in [9.17, 15) is 5.11 Å². The molecule has 4 aliphatic rings. The Morgan fingerprint density at radius 3 is 2.57 bits per heavy atom. The Labute approximate surface area is 143 Å². The zero-order valence-corrected chi connectivity index (χ0v) is 15.5. The smallest absolute Gasteiger partial charge is 0.0543 e. The van der Waals surface area contributed by atoms with Gasteiger partial charge in [0.2, 0.25) is 0 Å². The third-order valence-electron chi connectivity index (χ3n) is 9.03. The Kier molecular flexibility index (Phi) is 4.54. The normalized spacial score (nSPS) is 52.6. The molecule has 0 saturated heterocycles. The molecule has 132 valence electrons. The molecule has 0 radical (unpaired) electrons. The molecule has 0 bridgehead atoms. The number of rotatable bonds is 3. The summed E-state index contributed by atoms with van der Waals surface area (Å²) in [5, 5.41) is 10.1. The molecule has 1 nitrogen and oxygen atoms in total. The van der Waals surface area contributed by atoms with E-state index in [1.165, 1.54) is 64.2 Å². The molecule has 1 N–H and O–H groups in total. The van der Waals surface area contributed by atoms with E-state index in [0.717, 1.165) is 48.3 Å². The molecule has 23 heavy (non-hydrogen) atoms. The molecule has 0 aromatic heterocycles. The van der Waals surface area contributed by atoms with E-state index in [4.69, 9.17) is 0 Å². The Morgan fingerprint density at radius 1 is 0.913 bits per heavy atom. The highest BCUT2D eigenvalue weighted by Gasteiger charge is 2.56. The third-order valence-corrected chi connectivity index (χ3v) is 9.03. The van der Waals surface area contributed by atoms with Gasteiger partial charge in [0.25, 0.3) is 0 Å². The van der Waals surface area contributed by atoms with Gasteiger partial charge < -0.3 is 5.11 Å². The maximum Gasteiger partial charge on any atom is 0.0543 e. The Morgan fingerprint density at radius 2 is 1.74 bits per heavy atom. The summed E-state index contributed by atoms with van der Waals surface area (Å²) in [7, 11) is 0. The molecule has 4 saturated carbocycles. The molecule has 0 aliphatic heterocycles. The van der Waals surface area contributed by atoms with E-state index in [1.807, 2.05) is 0 Å². The summed E-state index contributed by atoms with van der Waals surface area (Å²) in [5.41, 5.74) is 0.678. The van der Waals surface area contributed by atoms with Gasteiger partial charge in [0, 0.05) is 0 Å². The Bertz CT molecular complexity index is 418. The highest BCUT2D eigenvalue weighted by Crippen LogP contribution is 2.64. The van der Waals surface area contributed by atoms with E-state index in [-0.39, 0.29) is 6.10 Å². The molecular formula is C22H38O. The first-order valence-corrected chi connectivity index (χ1v) is 10.8. The third kappa shape index (κ3) is 2.70. The minimum absolute atomic E-state index is 0.0200. The van der Waals surface area contributed by atoms with Crippen LogP contribution < -0.4 is 0 Å². The molecular weight excluding hydrogens is 280 g/mol. The topological polar surface area (TPSA) is 20.2 Å². The molecule has 0 aromatic rings. The van der Waals surface area contributed by atoms with Crippen LogP contribution in [-0.4, -0.2) is 11.2 Å². The standard InChI is InChI=1S/C22H38O/c1-3-4-5-16-7-11-21-20-9-6-15-14-17(23)8-10-18(15)19(20)12-13-22(16,21)2/h15-21,23H,3-14H2,1-2H3/t15?,16?,17?,18-,19?,20?,21?,22+/m0/s1. The monoisotopic (exact) mass is 318 g/mol. The van der Waals surface area contributed by atoms with Gasteiger partial charge in [-0.1, -0.05) is 26.7 Å². The Balaban J connectivity index is 1.49. The van der Waals surface area contributed by atoms with Gasteiger partial charge in [-0.05, 0) is 105 Å². The summed E-state index contributed by atoms with van der Waals surface area (Å²) in [6.45, 7) is 5.03. The number of hydrogen-bond acceptors (Lipinski definition) is 1. The fourth-order valence-corrected chi connectivity index (χ4v) is 7.86. The average molecular weight is 319 g/mol. The van der Waals surface area contributed by atoms with Crippen molar-refractivity contribution in [3.63, 3.8) is 0 Å². The minimum Gasteiger partial charge on any atom is -0.393 e. The first kappa shape index (κ1) is 16.4. The van der Waals surface area contributed by atoms with Gasteiger partial charge in [-0.3, -0.25) is 0 Å². The van der Waals surface area contributed by atoms with Gasteiger partial charge in [-0.15, -0.1) is 0 Å². The summed E-state index contributed by atoms with van der Waals surface area (Å²) in [4.78, 5) is 0. The van der Waals surface area contributed by atoms with Gasteiger partial charge in [-0.2, -0.15) is 0 Å². The molecule has 0 aromatic carbocycles. The van der Waals surface area contributed by atoms with Crippen LogP contribution in [0.4, 0.5) is 0 Å². The highest BCUT2D eigenvalue weighted by atomic mass is 16.3. The first-order chi connectivity index (χ1) is 11.1. The summed E-state index contributed by atoms with van der Waals surface area (Å²) in [6.07, 6.45) is 16.9. The fraction of sp³-hybridized carbons (Fsp3) is 1.00. The Hall–Kier alpha value is -0.0400. The highest BCUT2D eigenvalue weighted by molar-refractivity contribution is 5.05. The molecule has 4 rings (SSSR count). The van der Waals surface area contributed by atoms with Crippen LogP contribution >= 0.6 is 0 Å². The summed E-state index contributed by atoms with van der Waals surface area (Å²) in [5.74, 6) is 5.95. The van der Waals surface area contributed by atoms with Crippen molar-refractivity contribution < 1.29 is 5.11 Å². The lowest BCUT2D eigenvalue weighted by atomic mass is 9.49. The van der Waals surface area contributed by atoms with Crippen molar-refractivity contribution in [3.8, 4) is 0 Å². The van der Waals surface area contributed by atoms with Gasteiger partial charge in [0.15, 0.2) is 0 Å². The zero-order valence-electron chi connectivity index (χ0n) is 15.5. The minimum atomic E-state index is 0.0200. The second-order valence-corrected chi connectivity index (χ2v) is 9.86. The lowest BCUT2D eigenvalue weighted by molar-refractivity contribution is -0.0778. The van der Waals surface area contributed by atoms with Crippen LogP contribution in [0, 0.1) is 40.9 Å². The lowest BCUT2D eigenvalue weighted by Crippen LogP contribution is -2.49. The maximum atomic E-state index is 10.1. The van der Waals surface area contributed by atoms with E-state index in [0.29, 0.717) is 5.41 Å². The van der Waals surface area contributed by atoms with E-state index in [1.54, 1.807) is 0 Å². The summed E-state index contributed by atoms with van der Waals surface area (Å²) >= 11 is 0. The van der Waals surface area contributed by atoms with Crippen molar-refractivity contribution in [1.29, 1.82) is 0 Å². The SMILES string of the molecule is CCCCC1CCC2C3CCC4CC(O)CC[C@@H]4C3CC[C@]12C. The zero-order chi connectivity index (χ0) is 16.0. The van der Waals surface area contributed by atoms with Crippen LogP contribution in [0.3, 0.4) is 0 Å². The van der Waals surface area contributed by atoms with Gasteiger partial charge >= 0.3 is 0 Å². The summed E-state index contributed by atoms with van der Waals surface area (Å²) in [6, 6.07) is 0. The van der Waals surface area contributed by atoms with Crippen LogP contribution in [0.15, 0.2) is 0 Å². The van der Waals surface area contributed by atoms with Crippen LogP contribution in [0.2, 0.25) is 0 Å². The van der Waals surface area contributed by atoms with Crippen molar-refractivity contribution in [2.24, 2.45) is 40.9 Å². The van der Waals surface area contributed by atoms with Gasteiger partial charge in [0.1, 0.15) is 0 Å². The number of hydrogen-bond donors (Lipinski definition) is 1. The van der Waals surface area contributed by atoms with Crippen LogP contribution in [0.1, 0.15) is 90.9 Å². The largest absolute Gasteiger partial charge is 0.393 e. The maximum absolute atomic E-state index is 10.1. The number of unbranched alkanes of at least 4 members (excludes halogenated alkanes) is 1. The number of aliphatic hydroxyl groups is 1. The average Bonchev–Trinajstić information content (AvgIpc) is 2.89. The van der Waals surface area contributed by atoms with Gasteiger partial charge in [0.05, 0.1) is 6.10 Å². The van der Waals surface area contributed by atoms with Crippen molar-refractivity contribution in [2.75, 3.05) is 0 Å². The van der Waals surface area contributed by atoms with E-state index in [2.05, 4.69) is 13.8 Å². The first-order valence-electron chi connectivity index (χ1n) is 10.8. The predicted molar refractivity (Wildman–Crippen MR) is 96.1 cm³/mol. The number of fused-ring (bicyclic) bond motifs is 5. The quantitative estimate of drug-likeness (QED) is 0.696. The summed E-state index contributed by atoms with van der Waals surface area (Å²) < 4.78 is 0. The van der Waals surface area contributed by atoms with Crippen LogP contribution in [0.5, 0.6) is 0 Å². The molecule has 0 heterocycles. The molecule has 0 amide bonds. The second-order valence-electron chi connectivity index (χ2n) is 9.86. The molecule has 4 fully saturated rings. The van der Waals surface area contributed by atoms with E-state index < -0.39 is 0 Å². The van der Waals surface area contributed by atoms with Gasteiger partial charge in [-0.25, -0.2) is 0 Å². The van der Waals surface area contributed by atoms with E-state index >= 15 is 0 Å². The van der Waals surface area contributed by atoms with Crippen molar-refractivity contribution in [3.05, 3.63) is 0 Å². The predicted octanol–water partition coefficient (Wildman–Crippen LogP) is 5.81.